The first-order valence-corrected chi connectivity index (χ1v) is 4.40. The summed E-state index contributed by atoms with van der Waals surface area (Å²) in [7, 11) is 0. The Kier molecular flexibility index (Phi) is 2.02. The van der Waals surface area contributed by atoms with Crippen molar-refractivity contribution in [3.63, 3.8) is 0 Å². The molecule has 0 aliphatic rings. The van der Waals surface area contributed by atoms with E-state index in [1.54, 1.807) is 0 Å². The zero-order valence-electron chi connectivity index (χ0n) is 7.96. The molecule has 0 amide bonds. The van der Waals surface area contributed by atoms with Crippen molar-refractivity contribution in [2.75, 3.05) is 0 Å². The molecule has 72 valence electrons. The third kappa shape index (κ3) is 1.18. The number of hydroxylamine groups is 1. The maximum absolute atomic E-state index is 8.83. The monoisotopic (exact) mass is 188 g/mol. The second-order valence-electron chi connectivity index (χ2n) is 3.26. The molecule has 0 aliphatic heterocycles. The number of aromatic nitrogens is 1. The highest BCUT2D eigenvalue weighted by Gasteiger charge is 2.09. The number of fused-ring (bicyclic) bond motifs is 1. The van der Waals surface area contributed by atoms with Crippen molar-refractivity contribution in [3.8, 4) is 0 Å². The van der Waals surface area contributed by atoms with Gasteiger partial charge < -0.3 is 4.98 Å². The maximum Gasteiger partial charge on any atom is 0.0626 e. The molecule has 1 aromatic heterocycles. The van der Waals surface area contributed by atoms with E-state index in [0.717, 1.165) is 22.2 Å². The van der Waals surface area contributed by atoms with Crippen molar-refractivity contribution >= 4 is 16.6 Å². The zero-order chi connectivity index (χ0) is 10.1. The van der Waals surface area contributed by atoms with Crippen molar-refractivity contribution in [1.29, 1.82) is 0 Å². The van der Waals surface area contributed by atoms with Crippen LogP contribution in [0, 0.1) is 6.92 Å². The fourth-order valence-electron chi connectivity index (χ4n) is 1.72. The van der Waals surface area contributed by atoms with E-state index in [4.69, 9.17) is 5.21 Å². The summed E-state index contributed by atoms with van der Waals surface area (Å²) in [5, 5.41) is 9.89. The van der Waals surface area contributed by atoms with Crippen LogP contribution in [0.15, 0.2) is 30.8 Å². The lowest BCUT2D eigenvalue weighted by Crippen LogP contribution is -2.04. The first-order valence-electron chi connectivity index (χ1n) is 4.40. The molecular weight excluding hydrogens is 176 g/mol. The van der Waals surface area contributed by atoms with Gasteiger partial charge in [-0.15, -0.1) is 0 Å². The van der Waals surface area contributed by atoms with Gasteiger partial charge in [-0.25, -0.2) is 0 Å². The van der Waals surface area contributed by atoms with Crippen LogP contribution in [0.1, 0.15) is 11.3 Å². The average Bonchev–Trinajstić information content (AvgIpc) is 2.53. The Morgan fingerprint density at radius 1 is 1.43 bits per heavy atom. The van der Waals surface area contributed by atoms with Crippen LogP contribution in [0.5, 0.6) is 0 Å². The molecule has 0 saturated carbocycles. The Labute approximate surface area is 82.0 Å². The van der Waals surface area contributed by atoms with Crippen LogP contribution in [0.3, 0.4) is 0 Å². The van der Waals surface area contributed by atoms with E-state index in [2.05, 4.69) is 17.0 Å². The van der Waals surface area contributed by atoms with Gasteiger partial charge in [0.2, 0.25) is 0 Å². The average molecular weight is 188 g/mol. The van der Waals surface area contributed by atoms with E-state index < -0.39 is 0 Å². The fourth-order valence-corrected chi connectivity index (χ4v) is 1.72. The summed E-state index contributed by atoms with van der Waals surface area (Å²) in [5.74, 6) is 0. The van der Waals surface area contributed by atoms with Gasteiger partial charge in [0, 0.05) is 22.2 Å². The normalized spacial score (nSPS) is 10.4. The molecule has 1 heterocycles. The van der Waals surface area contributed by atoms with E-state index in [1.165, 1.54) is 0 Å². The van der Waals surface area contributed by atoms with Crippen LogP contribution in [0.4, 0.5) is 0 Å². The van der Waals surface area contributed by atoms with Crippen LogP contribution in [-0.4, -0.2) is 10.2 Å². The molecule has 0 radical (unpaired) electrons. The summed E-state index contributed by atoms with van der Waals surface area (Å²) in [6.07, 6.45) is 0. The smallest absolute Gasteiger partial charge is 0.0626 e. The molecule has 2 aromatic rings. The minimum absolute atomic E-state index is 0.514. The molecule has 14 heavy (non-hydrogen) atoms. The number of para-hydroxylation sites is 1. The zero-order valence-corrected chi connectivity index (χ0v) is 7.96. The molecule has 0 unspecified atom stereocenters. The molecule has 3 N–H and O–H groups in total. The largest absolute Gasteiger partial charge is 0.358 e. The first-order chi connectivity index (χ1) is 6.74. The summed E-state index contributed by atoms with van der Waals surface area (Å²) in [5.41, 5.74) is 5.58. The van der Waals surface area contributed by atoms with Gasteiger partial charge in [-0.2, -0.15) is 0 Å². The fraction of sp³-hybridized carbons (Fsp3) is 0.0909. The summed E-state index contributed by atoms with van der Waals surface area (Å²) < 4.78 is 0. The SMILES string of the molecule is C=C(NO)c1c(C)[nH]c2ccccc12. The minimum Gasteiger partial charge on any atom is -0.358 e. The predicted molar refractivity (Wildman–Crippen MR) is 57.0 cm³/mol. The van der Waals surface area contributed by atoms with Crippen LogP contribution in [0.25, 0.3) is 16.6 Å². The lowest BCUT2D eigenvalue weighted by molar-refractivity contribution is 0.225. The van der Waals surface area contributed by atoms with E-state index in [-0.39, 0.29) is 0 Å². The van der Waals surface area contributed by atoms with Crippen molar-refractivity contribution in [2.24, 2.45) is 0 Å². The Morgan fingerprint density at radius 2 is 2.14 bits per heavy atom. The second-order valence-corrected chi connectivity index (χ2v) is 3.26. The summed E-state index contributed by atoms with van der Waals surface area (Å²) in [4.78, 5) is 3.23. The highest BCUT2D eigenvalue weighted by atomic mass is 16.5. The number of nitrogens with one attached hydrogen (secondary N) is 2. The molecule has 0 fully saturated rings. The molecule has 3 nitrogen and oxygen atoms in total. The van der Waals surface area contributed by atoms with Crippen molar-refractivity contribution in [1.82, 2.24) is 10.5 Å². The van der Waals surface area contributed by atoms with E-state index in [0.29, 0.717) is 5.70 Å². The minimum atomic E-state index is 0.514. The maximum atomic E-state index is 8.83. The van der Waals surface area contributed by atoms with Crippen molar-refractivity contribution in [2.45, 2.75) is 6.92 Å². The van der Waals surface area contributed by atoms with Gasteiger partial charge in [0.25, 0.3) is 0 Å². The molecule has 0 bridgehead atoms. The van der Waals surface area contributed by atoms with Gasteiger partial charge in [0.1, 0.15) is 0 Å². The Morgan fingerprint density at radius 3 is 2.86 bits per heavy atom. The molecule has 1 aromatic carbocycles. The van der Waals surface area contributed by atoms with Crippen LogP contribution >= 0.6 is 0 Å². The molecule has 2 rings (SSSR count). The van der Waals surface area contributed by atoms with Crippen molar-refractivity contribution in [3.05, 3.63) is 42.1 Å². The van der Waals surface area contributed by atoms with Crippen LogP contribution in [-0.2, 0) is 0 Å². The second kappa shape index (κ2) is 3.20. The molecule has 0 saturated heterocycles. The number of H-pyrrole nitrogens is 1. The molecule has 0 aliphatic carbocycles. The van der Waals surface area contributed by atoms with E-state index >= 15 is 0 Å². The molecule has 0 atom stereocenters. The van der Waals surface area contributed by atoms with Crippen LogP contribution < -0.4 is 5.48 Å². The molecule has 0 spiro atoms. The number of aryl methyl sites for hydroxylation is 1. The number of hydrogen-bond donors (Lipinski definition) is 3. The summed E-state index contributed by atoms with van der Waals surface area (Å²) in [6.45, 7) is 5.70. The summed E-state index contributed by atoms with van der Waals surface area (Å²) >= 11 is 0. The van der Waals surface area contributed by atoms with Gasteiger partial charge in [0.05, 0.1) is 5.70 Å². The Balaban J connectivity index is 2.74. The molecule has 3 heteroatoms. The Hall–Kier alpha value is -1.74. The number of hydrogen-bond acceptors (Lipinski definition) is 2. The third-order valence-corrected chi connectivity index (χ3v) is 2.33. The predicted octanol–water partition coefficient (Wildman–Crippen LogP) is 2.43. The number of benzene rings is 1. The van der Waals surface area contributed by atoms with Gasteiger partial charge >= 0.3 is 0 Å². The van der Waals surface area contributed by atoms with Crippen LogP contribution in [0.2, 0.25) is 0 Å². The lowest BCUT2D eigenvalue weighted by atomic mass is 10.1. The topological polar surface area (TPSA) is 48.0 Å². The molecular formula is C11H12N2O. The van der Waals surface area contributed by atoms with E-state index in [1.807, 2.05) is 31.2 Å². The van der Waals surface area contributed by atoms with Gasteiger partial charge in [0.15, 0.2) is 0 Å². The summed E-state index contributed by atoms with van der Waals surface area (Å²) in [6, 6.07) is 7.92. The first kappa shape index (κ1) is 8.84. The lowest BCUT2D eigenvalue weighted by Gasteiger charge is -2.02. The third-order valence-electron chi connectivity index (χ3n) is 2.33. The van der Waals surface area contributed by atoms with E-state index in [9.17, 15) is 0 Å². The number of rotatable bonds is 2. The Bertz CT molecular complexity index is 485. The van der Waals surface area contributed by atoms with Gasteiger partial charge in [-0.3, -0.25) is 10.7 Å². The quantitative estimate of drug-likeness (QED) is 0.634. The standard InChI is InChI=1S/C11H12N2O/c1-7-11(8(2)13-14)9-5-3-4-6-10(9)12-7/h3-6,12-14H,2H2,1H3. The van der Waals surface area contributed by atoms with Gasteiger partial charge in [-0.1, -0.05) is 24.8 Å². The van der Waals surface area contributed by atoms with Crippen molar-refractivity contribution < 1.29 is 5.21 Å². The number of aromatic amines is 1. The van der Waals surface area contributed by atoms with Gasteiger partial charge in [-0.05, 0) is 13.0 Å². The highest BCUT2D eigenvalue weighted by molar-refractivity contribution is 5.93. The highest BCUT2D eigenvalue weighted by Crippen LogP contribution is 2.25.